The number of hydrogen-bond acceptors (Lipinski definition) is 4. The van der Waals surface area contributed by atoms with Gasteiger partial charge in [0.05, 0.1) is 0 Å². The lowest BCUT2D eigenvalue weighted by atomic mass is 9.85. The summed E-state index contributed by atoms with van der Waals surface area (Å²) in [5.41, 5.74) is 5.67. The van der Waals surface area contributed by atoms with E-state index in [4.69, 9.17) is 4.42 Å². The number of Topliss-reactive ketones (excluding diaryl/α,β-unsaturated/α-hetero) is 1. The molecule has 3 aliphatic rings. The Hall–Kier alpha value is -3.08. The van der Waals surface area contributed by atoms with Crippen LogP contribution in [0.1, 0.15) is 78.0 Å². The van der Waals surface area contributed by atoms with Crippen molar-refractivity contribution in [3.8, 4) is 0 Å². The Morgan fingerprint density at radius 2 is 1.81 bits per heavy atom. The van der Waals surface area contributed by atoms with Crippen LogP contribution in [-0.2, 0) is 11.2 Å². The first-order valence-corrected chi connectivity index (χ1v) is 11.5. The van der Waals surface area contributed by atoms with E-state index >= 15 is 0 Å². The van der Waals surface area contributed by atoms with E-state index in [2.05, 4.69) is 22.3 Å². The van der Waals surface area contributed by atoms with E-state index in [0.717, 1.165) is 47.9 Å². The summed E-state index contributed by atoms with van der Waals surface area (Å²) in [7, 11) is 0. The minimum atomic E-state index is -0.328. The van der Waals surface area contributed by atoms with Crippen LogP contribution in [0.25, 0.3) is 11.1 Å². The Kier molecular flexibility index (Phi) is 4.60. The summed E-state index contributed by atoms with van der Waals surface area (Å²) in [5.74, 6) is 1.55. The predicted molar refractivity (Wildman–Crippen MR) is 119 cm³/mol. The molecule has 0 radical (unpaired) electrons. The van der Waals surface area contributed by atoms with Gasteiger partial charge in [0.2, 0.25) is 11.8 Å². The van der Waals surface area contributed by atoms with Gasteiger partial charge in [-0.15, -0.1) is 10.2 Å². The zero-order chi connectivity index (χ0) is 21.8. The summed E-state index contributed by atoms with van der Waals surface area (Å²) >= 11 is 0. The highest BCUT2D eigenvalue weighted by Crippen LogP contribution is 2.51. The number of carbonyl (C=O) groups is 1. The van der Waals surface area contributed by atoms with Gasteiger partial charge in [-0.1, -0.05) is 36.4 Å². The number of halogens is 1. The SMILES string of the molecule is Cc1ccc(CC2C(=O)CC(c3nnc(C4CC4)o3)=C(C3CC3)c3ccccc32)cc1F. The molecule has 0 amide bonds. The zero-order valence-electron chi connectivity index (χ0n) is 18.1. The Labute approximate surface area is 186 Å². The highest BCUT2D eigenvalue weighted by atomic mass is 19.1. The molecule has 2 aromatic carbocycles. The molecule has 32 heavy (non-hydrogen) atoms. The normalized spacial score (nSPS) is 20.9. The van der Waals surface area contributed by atoms with Gasteiger partial charge in [-0.05, 0) is 78.8 Å². The van der Waals surface area contributed by atoms with Gasteiger partial charge in [0.25, 0.3) is 0 Å². The minimum Gasteiger partial charge on any atom is -0.421 e. The maximum absolute atomic E-state index is 14.2. The Morgan fingerprint density at radius 3 is 2.56 bits per heavy atom. The highest BCUT2D eigenvalue weighted by Gasteiger charge is 2.39. The van der Waals surface area contributed by atoms with Crippen molar-refractivity contribution in [3.63, 3.8) is 0 Å². The summed E-state index contributed by atoms with van der Waals surface area (Å²) in [5, 5.41) is 8.64. The van der Waals surface area contributed by atoms with Gasteiger partial charge in [-0.3, -0.25) is 4.79 Å². The predicted octanol–water partition coefficient (Wildman–Crippen LogP) is 6.01. The van der Waals surface area contributed by atoms with Crippen molar-refractivity contribution in [2.24, 2.45) is 5.92 Å². The van der Waals surface area contributed by atoms with Gasteiger partial charge >= 0.3 is 0 Å². The number of aromatic nitrogens is 2. The van der Waals surface area contributed by atoms with Crippen LogP contribution in [0.2, 0.25) is 0 Å². The van der Waals surface area contributed by atoms with Crippen molar-refractivity contribution in [3.05, 3.63) is 82.3 Å². The number of fused-ring (bicyclic) bond motifs is 1. The number of nitrogens with zero attached hydrogens (tertiary/aromatic N) is 2. The van der Waals surface area contributed by atoms with E-state index in [1.54, 1.807) is 19.1 Å². The summed E-state index contributed by atoms with van der Waals surface area (Å²) in [4.78, 5) is 13.6. The molecule has 162 valence electrons. The van der Waals surface area contributed by atoms with Crippen LogP contribution in [0.5, 0.6) is 0 Å². The lowest BCUT2D eigenvalue weighted by Gasteiger charge is -2.18. The largest absolute Gasteiger partial charge is 0.421 e. The van der Waals surface area contributed by atoms with Crippen LogP contribution in [0.3, 0.4) is 0 Å². The van der Waals surface area contributed by atoms with Crippen LogP contribution in [-0.4, -0.2) is 16.0 Å². The van der Waals surface area contributed by atoms with Crippen molar-refractivity contribution < 1.29 is 13.6 Å². The molecule has 1 heterocycles. The third kappa shape index (κ3) is 3.50. The molecular formula is C27H25FN2O2. The van der Waals surface area contributed by atoms with Crippen molar-refractivity contribution in [1.82, 2.24) is 10.2 Å². The van der Waals surface area contributed by atoms with E-state index < -0.39 is 0 Å². The van der Waals surface area contributed by atoms with Crippen molar-refractivity contribution in [2.45, 2.75) is 57.3 Å². The van der Waals surface area contributed by atoms with Crippen LogP contribution in [0.15, 0.2) is 46.9 Å². The minimum absolute atomic E-state index is 0.121. The lowest BCUT2D eigenvalue weighted by Crippen LogP contribution is -2.15. The Morgan fingerprint density at radius 1 is 1.03 bits per heavy atom. The second-order valence-electron chi connectivity index (χ2n) is 9.46. The summed E-state index contributed by atoms with van der Waals surface area (Å²) < 4.78 is 20.3. The number of aryl methyl sites for hydroxylation is 1. The fourth-order valence-corrected chi connectivity index (χ4v) is 4.88. The lowest BCUT2D eigenvalue weighted by molar-refractivity contribution is -0.119. The fourth-order valence-electron chi connectivity index (χ4n) is 4.88. The highest BCUT2D eigenvalue weighted by molar-refractivity contribution is 6.05. The second kappa shape index (κ2) is 7.51. The molecule has 0 aliphatic heterocycles. The molecular weight excluding hydrogens is 403 g/mol. The van der Waals surface area contributed by atoms with Gasteiger partial charge in [0.15, 0.2) is 0 Å². The topological polar surface area (TPSA) is 56.0 Å². The number of carbonyl (C=O) groups excluding carboxylic acids is 1. The maximum Gasteiger partial charge on any atom is 0.244 e. The second-order valence-corrected chi connectivity index (χ2v) is 9.46. The van der Waals surface area contributed by atoms with Crippen LogP contribution in [0, 0.1) is 18.7 Å². The van der Waals surface area contributed by atoms with Crippen molar-refractivity contribution in [2.75, 3.05) is 0 Å². The quantitative estimate of drug-likeness (QED) is 0.499. The van der Waals surface area contributed by atoms with Crippen LogP contribution < -0.4 is 0 Å². The molecule has 5 heteroatoms. The molecule has 2 saturated carbocycles. The van der Waals surface area contributed by atoms with Gasteiger partial charge in [0, 0.05) is 23.8 Å². The molecule has 4 nitrogen and oxygen atoms in total. The molecule has 0 saturated heterocycles. The van der Waals surface area contributed by atoms with Gasteiger partial charge in [0.1, 0.15) is 11.6 Å². The summed E-state index contributed by atoms with van der Waals surface area (Å²) in [6, 6.07) is 13.5. The average Bonchev–Trinajstić information content (AvgIpc) is 3.73. The molecule has 1 atom stereocenters. The number of rotatable bonds is 5. The van der Waals surface area contributed by atoms with E-state index in [0.29, 0.717) is 35.6 Å². The molecule has 3 aliphatic carbocycles. The molecule has 3 aromatic rings. The third-order valence-electron chi connectivity index (χ3n) is 6.98. The zero-order valence-corrected chi connectivity index (χ0v) is 18.1. The maximum atomic E-state index is 14.2. The number of allylic oxidation sites excluding steroid dienone is 2. The summed E-state index contributed by atoms with van der Waals surface area (Å²) in [6.07, 6.45) is 5.15. The molecule has 1 aromatic heterocycles. The van der Waals surface area contributed by atoms with Gasteiger partial charge in [-0.25, -0.2) is 4.39 Å². The first-order chi connectivity index (χ1) is 15.6. The van der Waals surface area contributed by atoms with E-state index in [-0.39, 0.29) is 23.9 Å². The number of ketones is 1. The first kappa shape index (κ1) is 19.6. The molecule has 1 unspecified atom stereocenters. The standard InChI is InChI=1S/C27H25FN2O2/c1-15-6-7-16(13-23(15)28)12-21-19-4-2-3-5-20(19)25(17-8-9-17)22(14-24(21)31)27-30-29-26(32-27)18-10-11-18/h2-7,13,17-18,21H,8-12,14H2,1H3. The third-order valence-corrected chi connectivity index (χ3v) is 6.98. The summed E-state index contributed by atoms with van der Waals surface area (Å²) in [6.45, 7) is 1.75. The number of hydrogen-bond donors (Lipinski definition) is 0. The van der Waals surface area contributed by atoms with E-state index in [1.165, 1.54) is 5.57 Å². The van der Waals surface area contributed by atoms with Gasteiger partial charge in [-0.2, -0.15) is 0 Å². The smallest absolute Gasteiger partial charge is 0.244 e. The van der Waals surface area contributed by atoms with Gasteiger partial charge < -0.3 is 4.42 Å². The van der Waals surface area contributed by atoms with Crippen molar-refractivity contribution >= 4 is 16.9 Å². The monoisotopic (exact) mass is 428 g/mol. The molecule has 0 spiro atoms. The van der Waals surface area contributed by atoms with Crippen LogP contribution in [0.4, 0.5) is 4.39 Å². The van der Waals surface area contributed by atoms with E-state index in [9.17, 15) is 9.18 Å². The molecule has 6 rings (SSSR count). The van der Waals surface area contributed by atoms with E-state index in [1.807, 2.05) is 18.2 Å². The van der Waals surface area contributed by atoms with Crippen molar-refractivity contribution in [1.29, 1.82) is 0 Å². The molecule has 0 bridgehead atoms. The Balaban J connectivity index is 1.45. The molecule has 0 N–H and O–H groups in total. The molecule has 2 fully saturated rings. The Bertz CT molecular complexity index is 1250. The fraction of sp³-hybridized carbons (Fsp3) is 0.370. The first-order valence-electron chi connectivity index (χ1n) is 11.5. The number of benzene rings is 2. The van der Waals surface area contributed by atoms with Crippen LogP contribution >= 0.6 is 0 Å². The average molecular weight is 429 g/mol.